The molecular formula is C15H23ClN2O2. The minimum atomic E-state index is -0.388. The van der Waals surface area contributed by atoms with Gasteiger partial charge in [0.05, 0.1) is 0 Å². The SMILES string of the molecule is CC(=CCl)CN1C(=O)C(CC(C)C)NC(=O)C1C1CC1. The van der Waals surface area contributed by atoms with E-state index < -0.39 is 0 Å². The van der Waals surface area contributed by atoms with Gasteiger partial charge in [-0.2, -0.15) is 0 Å². The number of carbonyl (C=O) groups is 2. The summed E-state index contributed by atoms with van der Waals surface area (Å²) in [4.78, 5) is 26.7. The maximum absolute atomic E-state index is 12.6. The van der Waals surface area contributed by atoms with E-state index in [4.69, 9.17) is 11.6 Å². The molecule has 20 heavy (non-hydrogen) atoms. The van der Waals surface area contributed by atoms with Crippen LogP contribution in [-0.2, 0) is 9.59 Å². The van der Waals surface area contributed by atoms with Crippen molar-refractivity contribution < 1.29 is 9.59 Å². The smallest absolute Gasteiger partial charge is 0.246 e. The van der Waals surface area contributed by atoms with Crippen molar-refractivity contribution in [2.24, 2.45) is 11.8 Å². The number of carbonyl (C=O) groups excluding carboxylic acids is 2. The third-order valence-electron chi connectivity index (χ3n) is 3.88. The van der Waals surface area contributed by atoms with Crippen molar-refractivity contribution in [2.45, 2.75) is 52.1 Å². The number of amides is 2. The number of piperazine rings is 1. The van der Waals surface area contributed by atoms with Crippen LogP contribution in [0.1, 0.15) is 40.0 Å². The van der Waals surface area contributed by atoms with Crippen LogP contribution in [0.25, 0.3) is 0 Å². The molecule has 1 aliphatic carbocycles. The highest BCUT2D eigenvalue weighted by Crippen LogP contribution is 2.37. The lowest BCUT2D eigenvalue weighted by atomic mass is 9.96. The van der Waals surface area contributed by atoms with E-state index in [2.05, 4.69) is 19.2 Å². The first kappa shape index (κ1) is 15.4. The van der Waals surface area contributed by atoms with Crippen LogP contribution in [0.3, 0.4) is 0 Å². The molecule has 1 saturated carbocycles. The van der Waals surface area contributed by atoms with E-state index >= 15 is 0 Å². The third kappa shape index (κ3) is 3.35. The highest BCUT2D eigenvalue weighted by molar-refractivity contribution is 6.25. The van der Waals surface area contributed by atoms with Crippen LogP contribution < -0.4 is 5.32 Å². The van der Waals surface area contributed by atoms with E-state index in [-0.39, 0.29) is 23.9 Å². The summed E-state index contributed by atoms with van der Waals surface area (Å²) < 4.78 is 0. The lowest BCUT2D eigenvalue weighted by molar-refractivity contribution is -0.150. The Morgan fingerprint density at radius 3 is 2.60 bits per heavy atom. The molecule has 0 radical (unpaired) electrons. The number of rotatable bonds is 5. The molecule has 112 valence electrons. The molecule has 1 aliphatic heterocycles. The van der Waals surface area contributed by atoms with Crippen molar-refractivity contribution in [3.05, 3.63) is 11.1 Å². The predicted octanol–water partition coefficient (Wildman–Crippen LogP) is 2.28. The lowest BCUT2D eigenvalue weighted by Gasteiger charge is -2.40. The van der Waals surface area contributed by atoms with Crippen LogP contribution in [0.5, 0.6) is 0 Å². The Bertz CT molecular complexity index is 430. The number of hydrogen-bond acceptors (Lipinski definition) is 2. The maximum Gasteiger partial charge on any atom is 0.246 e. The van der Waals surface area contributed by atoms with Gasteiger partial charge in [-0.25, -0.2) is 0 Å². The number of nitrogens with one attached hydrogen (secondary N) is 1. The van der Waals surface area contributed by atoms with Gasteiger partial charge in [0, 0.05) is 12.1 Å². The normalized spacial score (nSPS) is 28.1. The molecule has 2 amide bonds. The summed E-state index contributed by atoms with van der Waals surface area (Å²) in [5.41, 5.74) is 2.39. The first-order valence-electron chi connectivity index (χ1n) is 7.30. The van der Waals surface area contributed by atoms with Crippen molar-refractivity contribution >= 4 is 23.4 Å². The van der Waals surface area contributed by atoms with Crippen molar-refractivity contribution in [1.82, 2.24) is 10.2 Å². The van der Waals surface area contributed by atoms with Crippen LogP contribution in [0.2, 0.25) is 0 Å². The molecule has 2 fully saturated rings. The largest absolute Gasteiger partial charge is 0.342 e. The van der Waals surface area contributed by atoms with Crippen molar-refractivity contribution in [2.75, 3.05) is 6.54 Å². The highest BCUT2D eigenvalue weighted by atomic mass is 35.5. The second-order valence-electron chi connectivity index (χ2n) is 6.39. The average molecular weight is 299 g/mol. The Hall–Kier alpha value is -1.03. The van der Waals surface area contributed by atoms with Crippen molar-refractivity contribution in [3.8, 4) is 0 Å². The summed E-state index contributed by atoms with van der Waals surface area (Å²) in [5.74, 6) is 0.725. The Labute approximate surface area is 125 Å². The zero-order chi connectivity index (χ0) is 14.9. The van der Waals surface area contributed by atoms with Gasteiger partial charge in [-0.3, -0.25) is 9.59 Å². The fourth-order valence-corrected chi connectivity index (χ4v) is 2.86. The molecular weight excluding hydrogens is 276 g/mol. The monoisotopic (exact) mass is 298 g/mol. The van der Waals surface area contributed by atoms with Gasteiger partial charge in [0.2, 0.25) is 11.8 Å². The third-order valence-corrected chi connectivity index (χ3v) is 4.26. The molecule has 2 unspecified atom stereocenters. The number of hydrogen-bond donors (Lipinski definition) is 1. The second kappa shape index (κ2) is 6.17. The summed E-state index contributed by atoms with van der Waals surface area (Å²) >= 11 is 5.72. The number of halogens is 1. The molecule has 2 rings (SSSR count). The first-order valence-corrected chi connectivity index (χ1v) is 7.74. The summed E-state index contributed by atoms with van der Waals surface area (Å²) in [5, 5.41) is 2.91. The second-order valence-corrected chi connectivity index (χ2v) is 6.61. The van der Waals surface area contributed by atoms with Gasteiger partial charge >= 0.3 is 0 Å². The molecule has 1 saturated heterocycles. The van der Waals surface area contributed by atoms with E-state index in [1.165, 1.54) is 5.54 Å². The van der Waals surface area contributed by atoms with Crippen LogP contribution in [0.15, 0.2) is 11.1 Å². The molecule has 0 spiro atoms. The molecule has 0 bridgehead atoms. The Morgan fingerprint density at radius 2 is 2.10 bits per heavy atom. The van der Waals surface area contributed by atoms with E-state index in [1.54, 1.807) is 4.90 Å². The molecule has 2 aliphatic rings. The fourth-order valence-electron chi connectivity index (χ4n) is 2.79. The Morgan fingerprint density at radius 1 is 1.45 bits per heavy atom. The average Bonchev–Trinajstić information content (AvgIpc) is 3.18. The van der Waals surface area contributed by atoms with Crippen molar-refractivity contribution in [1.29, 1.82) is 0 Å². The predicted molar refractivity (Wildman–Crippen MR) is 79.2 cm³/mol. The van der Waals surface area contributed by atoms with Crippen LogP contribution in [-0.4, -0.2) is 35.3 Å². The zero-order valence-corrected chi connectivity index (χ0v) is 13.1. The molecule has 4 nitrogen and oxygen atoms in total. The van der Waals surface area contributed by atoms with Gasteiger partial charge in [0.25, 0.3) is 0 Å². The van der Waals surface area contributed by atoms with Gasteiger partial charge in [0.15, 0.2) is 0 Å². The first-order chi connectivity index (χ1) is 9.43. The van der Waals surface area contributed by atoms with Gasteiger partial charge in [-0.05, 0) is 43.6 Å². The highest BCUT2D eigenvalue weighted by Gasteiger charge is 2.47. The Kier molecular flexibility index (Phi) is 4.74. The molecule has 1 N–H and O–H groups in total. The van der Waals surface area contributed by atoms with Crippen molar-refractivity contribution in [3.63, 3.8) is 0 Å². The van der Waals surface area contributed by atoms with Crippen LogP contribution >= 0.6 is 11.6 Å². The lowest BCUT2D eigenvalue weighted by Crippen LogP contribution is -2.64. The maximum atomic E-state index is 12.6. The minimum Gasteiger partial charge on any atom is -0.342 e. The van der Waals surface area contributed by atoms with Gasteiger partial charge in [-0.15, -0.1) is 0 Å². The topological polar surface area (TPSA) is 49.4 Å². The quantitative estimate of drug-likeness (QED) is 0.846. The van der Waals surface area contributed by atoms with Gasteiger partial charge in [-0.1, -0.05) is 25.4 Å². The van der Waals surface area contributed by atoms with Gasteiger partial charge < -0.3 is 10.2 Å². The van der Waals surface area contributed by atoms with Gasteiger partial charge in [0.1, 0.15) is 12.1 Å². The Balaban J connectivity index is 2.19. The fraction of sp³-hybridized carbons (Fsp3) is 0.733. The van der Waals surface area contributed by atoms with E-state index in [1.807, 2.05) is 6.92 Å². The molecule has 2 atom stereocenters. The minimum absolute atomic E-state index is 0.000113. The zero-order valence-electron chi connectivity index (χ0n) is 12.4. The molecule has 0 aromatic heterocycles. The van der Waals surface area contributed by atoms with Crippen LogP contribution in [0.4, 0.5) is 0 Å². The van der Waals surface area contributed by atoms with E-state index in [0.29, 0.717) is 24.8 Å². The summed E-state index contributed by atoms with van der Waals surface area (Å²) in [6, 6.07) is -0.696. The standard InChI is InChI=1S/C15H23ClN2O2/c1-9(2)6-12-15(20)18(8-10(3)7-16)13(11-4-5-11)14(19)17-12/h7,9,11-13H,4-6,8H2,1-3H3,(H,17,19). The van der Waals surface area contributed by atoms with E-state index in [0.717, 1.165) is 18.4 Å². The van der Waals surface area contributed by atoms with E-state index in [9.17, 15) is 9.59 Å². The summed E-state index contributed by atoms with van der Waals surface area (Å²) in [7, 11) is 0. The molecule has 5 heteroatoms. The molecule has 0 aromatic carbocycles. The molecule has 1 heterocycles. The molecule has 0 aromatic rings. The summed E-state index contributed by atoms with van der Waals surface area (Å²) in [6.07, 6.45) is 2.74. The van der Waals surface area contributed by atoms with Crippen LogP contribution in [0, 0.1) is 11.8 Å². The number of nitrogens with zero attached hydrogens (tertiary/aromatic N) is 1. The summed E-state index contributed by atoms with van der Waals surface area (Å²) in [6.45, 7) is 6.45.